The molecule has 1 aromatic carbocycles. The molecule has 0 fully saturated rings. The van der Waals surface area contributed by atoms with Crippen molar-refractivity contribution in [2.45, 2.75) is 32.6 Å². The van der Waals surface area contributed by atoms with Gasteiger partial charge < -0.3 is 10.1 Å². The molecule has 3 nitrogen and oxygen atoms in total. The summed E-state index contributed by atoms with van der Waals surface area (Å²) < 4.78 is 4.95. The molecular weight excluding hydrogens is 262 g/mol. The molecule has 0 radical (unpaired) electrons. The molecular formula is C15H22ClNO2. The third-order valence-electron chi connectivity index (χ3n) is 2.99. The smallest absolute Gasteiger partial charge is 0.251 e. The molecule has 1 N–H and O–H groups in total. The number of aryl methyl sites for hydroxylation is 3. The van der Waals surface area contributed by atoms with E-state index in [4.69, 9.17) is 16.3 Å². The van der Waals surface area contributed by atoms with Gasteiger partial charge in [-0.15, -0.1) is 11.6 Å². The van der Waals surface area contributed by atoms with E-state index in [0.717, 1.165) is 16.7 Å². The number of benzene rings is 1. The molecule has 0 aliphatic carbocycles. The molecule has 0 spiro atoms. The zero-order chi connectivity index (χ0) is 14.4. The molecule has 106 valence electrons. The zero-order valence-electron chi connectivity index (χ0n) is 12.0. The topological polar surface area (TPSA) is 38.3 Å². The third-order valence-corrected chi connectivity index (χ3v) is 3.34. The number of alkyl halides is 1. The van der Waals surface area contributed by atoms with Crippen LogP contribution in [0.2, 0.25) is 0 Å². The number of carbonyl (C=O) groups is 1. The maximum atomic E-state index is 12.2. The molecule has 0 saturated heterocycles. The highest BCUT2D eigenvalue weighted by Gasteiger charge is 2.13. The number of ether oxygens (including phenoxy) is 1. The van der Waals surface area contributed by atoms with Gasteiger partial charge in [0.1, 0.15) is 0 Å². The minimum Gasteiger partial charge on any atom is -0.383 e. The molecule has 0 bridgehead atoms. The summed E-state index contributed by atoms with van der Waals surface area (Å²) in [6.45, 7) is 7.02. The second-order valence-corrected chi connectivity index (χ2v) is 5.49. The van der Waals surface area contributed by atoms with E-state index in [-0.39, 0.29) is 11.3 Å². The van der Waals surface area contributed by atoms with Crippen LogP contribution in [0.4, 0.5) is 0 Å². The molecule has 0 heterocycles. The SMILES string of the molecule is COCC(Cl)CCNC(=O)c1c(C)cc(C)cc1C. The van der Waals surface area contributed by atoms with Crippen molar-refractivity contribution < 1.29 is 9.53 Å². The van der Waals surface area contributed by atoms with Gasteiger partial charge in [0.15, 0.2) is 0 Å². The number of amides is 1. The minimum absolute atomic E-state index is 0.0312. The highest BCUT2D eigenvalue weighted by molar-refractivity contribution is 6.20. The van der Waals surface area contributed by atoms with Crippen molar-refractivity contribution in [3.63, 3.8) is 0 Å². The Labute approximate surface area is 120 Å². The lowest BCUT2D eigenvalue weighted by Crippen LogP contribution is -2.28. The second kappa shape index (κ2) is 7.51. The van der Waals surface area contributed by atoms with Crippen LogP contribution in [0.25, 0.3) is 0 Å². The number of halogens is 1. The lowest BCUT2D eigenvalue weighted by Gasteiger charge is -2.13. The summed E-state index contributed by atoms with van der Waals surface area (Å²) in [5.74, 6) is -0.0312. The van der Waals surface area contributed by atoms with Crippen LogP contribution in [0.5, 0.6) is 0 Å². The predicted octanol–water partition coefficient (Wildman–Crippen LogP) is 2.99. The van der Waals surface area contributed by atoms with Crippen LogP contribution in [-0.4, -0.2) is 31.5 Å². The van der Waals surface area contributed by atoms with Crippen molar-refractivity contribution >= 4 is 17.5 Å². The van der Waals surface area contributed by atoms with Crippen LogP contribution < -0.4 is 5.32 Å². The summed E-state index contributed by atoms with van der Waals surface area (Å²) in [5.41, 5.74) is 3.96. The fourth-order valence-corrected chi connectivity index (χ4v) is 2.47. The number of hydrogen-bond donors (Lipinski definition) is 1. The molecule has 1 rings (SSSR count). The molecule has 19 heavy (non-hydrogen) atoms. The molecule has 0 aliphatic rings. The Morgan fingerprint density at radius 1 is 1.32 bits per heavy atom. The molecule has 0 saturated carbocycles. The first-order valence-electron chi connectivity index (χ1n) is 6.44. The third kappa shape index (κ3) is 4.84. The van der Waals surface area contributed by atoms with Crippen LogP contribution >= 0.6 is 11.6 Å². The van der Waals surface area contributed by atoms with Crippen LogP contribution in [0, 0.1) is 20.8 Å². The molecule has 1 atom stereocenters. The Hall–Kier alpha value is -1.06. The van der Waals surface area contributed by atoms with Gasteiger partial charge >= 0.3 is 0 Å². The van der Waals surface area contributed by atoms with Crippen molar-refractivity contribution in [2.24, 2.45) is 0 Å². The normalized spacial score (nSPS) is 12.3. The number of nitrogens with one attached hydrogen (secondary N) is 1. The van der Waals surface area contributed by atoms with E-state index in [2.05, 4.69) is 5.32 Å². The van der Waals surface area contributed by atoms with Gasteiger partial charge in [0.25, 0.3) is 5.91 Å². The molecule has 0 aliphatic heterocycles. The van der Waals surface area contributed by atoms with E-state index in [0.29, 0.717) is 19.6 Å². The Morgan fingerprint density at radius 2 is 1.89 bits per heavy atom. The van der Waals surface area contributed by atoms with Gasteiger partial charge in [-0.3, -0.25) is 4.79 Å². The van der Waals surface area contributed by atoms with Crippen LogP contribution in [0.1, 0.15) is 33.5 Å². The quantitative estimate of drug-likeness (QED) is 0.815. The summed E-state index contributed by atoms with van der Waals surface area (Å²) in [6.07, 6.45) is 0.699. The van der Waals surface area contributed by atoms with Crippen molar-refractivity contribution in [3.8, 4) is 0 Å². The molecule has 4 heteroatoms. The molecule has 1 aromatic rings. The van der Waals surface area contributed by atoms with Crippen molar-refractivity contribution in [2.75, 3.05) is 20.3 Å². The summed E-state index contributed by atoms with van der Waals surface area (Å²) in [4.78, 5) is 12.2. The van der Waals surface area contributed by atoms with Gasteiger partial charge in [-0.05, 0) is 38.3 Å². The van der Waals surface area contributed by atoms with E-state index in [9.17, 15) is 4.79 Å². The first-order valence-corrected chi connectivity index (χ1v) is 6.88. The summed E-state index contributed by atoms with van der Waals surface area (Å²) in [5, 5.41) is 2.85. The van der Waals surface area contributed by atoms with Gasteiger partial charge in [-0.25, -0.2) is 0 Å². The van der Waals surface area contributed by atoms with E-state index in [1.807, 2.05) is 32.9 Å². The van der Waals surface area contributed by atoms with Crippen LogP contribution in [0.15, 0.2) is 12.1 Å². The lowest BCUT2D eigenvalue weighted by molar-refractivity contribution is 0.0950. The Balaban J connectivity index is 2.59. The van der Waals surface area contributed by atoms with Crippen LogP contribution in [-0.2, 0) is 4.74 Å². The number of rotatable bonds is 6. The second-order valence-electron chi connectivity index (χ2n) is 4.87. The average Bonchev–Trinajstić information content (AvgIpc) is 2.27. The maximum absolute atomic E-state index is 12.2. The average molecular weight is 284 g/mol. The first-order chi connectivity index (χ1) is 8.95. The maximum Gasteiger partial charge on any atom is 0.251 e. The van der Waals surface area contributed by atoms with E-state index in [1.165, 1.54) is 5.56 Å². The van der Waals surface area contributed by atoms with E-state index < -0.39 is 0 Å². The van der Waals surface area contributed by atoms with Gasteiger partial charge in [-0.1, -0.05) is 17.7 Å². The van der Waals surface area contributed by atoms with Crippen LogP contribution in [0.3, 0.4) is 0 Å². The van der Waals surface area contributed by atoms with Crippen molar-refractivity contribution in [1.29, 1.82) is 0 Å². The Kier molecular flexibility index (Phi) is 6.32. The van der Waals surface area contributed by atoms with Crippen molar-refractivity contribution in [3.05, 3.63) is 34.4 Å². The molecule has 1 unspecified atom stereocenters. The van der Waals surface area contributed by atoms with Gasteiger partial charge in [0, 0.05) is 19.2 Å². The largest absolute Gasteiger partial charge is 0.383 e. The minimum atomic E-state index is -0.0643. The van der Waals surface area contributed by atoms with Gasteiger partial charge in [-0.2, -0.15) is 0 Å². The van der Waals surface area contributed by atoms with E-state index in [1.54, 1.807) is 7.11 Å². The standard InChI is InChI=1S/C15H22ClNO2/c1-10-7-11(2)14(12(3)8-10)15(18)17-6-5-13(16)9-19-4/h7-8,13H,5-6,9H2,1-4H3,(H,17,18). The highest BCUT2D eigenvalue weighted by atomic mass is 35.5. The zero-order valence-corrected chi connectivity index (χ0v) is 12.8. The number of hydrogen-bond acceptors (Lipinski definition) is 2. The Morgan fingerprint density at radius 3 is 2.42 bits per heavy atom. The Bertz CT molecular complexity index is 423. The predicted molar refractivity (Wildman–Crippen MR) is 79.1 cm³/mol. The highest BCUT2D eigenvalue weighted by Crippen LogP contribution is 2.16. The lowest BCUT2D eigenvalue weighted by atomic mass is 9.99. The molecule has 1 amide bonds. The van der Waals surface area contributed by atoms with Gasteiger partial charge in [0.2, 0.25) is 0 Å². The summed E-state index contributed by atoms with van der Waals surface area (Å²) >= 11 is 6.02. The van der Waals surface area contributed by atoms with Gasteiger partial charge in [0.05, 0.1) is 12.0 Å². The molecule has 0 aromatic heterocycles. The fraction of sp³-hybridized carbons (Fsp3) is 0.533. The van der Waals surface area contributed by atoms with Crippen molar-refractivity contribution in [1.82, 2.24) is 5.32 Å². The first kappa shape index (κ1) is 16.0. The summed E-state index contributed by atoms with van der Waals surface area (Å²) in [6, 6.07) is 4.05. The van der Waals surface area contributed by atoms with E-state index >= 15 is 0 Å². The monoisotopic (exact) mass is 283 g/mol. The number of carbonyl (C=O) groups excluding carboxylic acids is 1. The number of methoxy groups -OCH3 is 1. The summed E-state index contributed by atoms with van der Waals surface area (Å²) in [7, 11) is 1.62. The fourth-order valence-electron chi connectivity index (χ4n) is 2.23.